The van der Waals surface area contributed by atoms with E-state index in [-0.39, 0.29) is 23.4 Å². The van der Waals surface area contributed by atoms with E-state index in [0.717, 1.165) is 5.57 Å². The van der Waals surface area contributed by atoms with Crippen LogP contribution in [0.5, 0.6) is 0 Å². The SMILES string of the molecule is C=C(C)C=CC1=CC(=O)C2CC=CCC2C1=O. The zero-order chi connectivity index (χ0) is 12.4. The Kier molecular flexibility index (Phi) is 3.23. The van der Waals surface area contributed by atoms with Crippen molar-refractivity contribution in [3.05, 3.63) is 48.1 Å². The molecule has 0 radical (unpaired) electrons. The van der Waals surface area contributed by atoms with Gasteiger partial charge in [-0.15, -0.1) is 0 Å². The number of ketones is 2. The topological polar surface area (TPSA) is 34.1 Å². The van der Waals surface area contributed by atoms with Crippen LogP contribution < -0.4 is 0 Å². The van der Waals surface area contributed by atoms with Crippen molar-refractivity contribution in [1.82, 2.24) is 0 Å². The van der Waals surface area contributed by atoms with Gasteiger partial charge >= 0.3 is 0 Å². The van der Waals surface area contributed by atoms with Crippen LogP contribution in [0.4, 0.5) is 0 Å². The molecule has 2 rings (SSSR count). The van der Waals surface area contributed by atoms with E-state index in [9.17, 15) is 9.59 Å². The van der Waals surface area contributed by atoms with Gasteiger partial charge in [-0.1, -0.05) is 36.5 Å². The van der Waals surface area contributed by atoms with Crippen molar-refractivity contribution in [2.45, 2.75) is 19.8 Å². The van der Waals surface area contributed by atoms with E-state index in [1.165, 1.54) is 6.08 Å². The van der Waals surface area contributed by atoms with Crippen molar-refractivity contribution in [3.63, 3.8) is 0 Å². The molecule has 0 fully saturated rings. The second-order valence-corrected chi connectivity index (χ2v) is 4.70. The molecule has 2 atom stereocenters. The summed E-state index contributed by atoms with van der Waals surface area (Å²) in [5.41, 5.74) is 1.39. The minimum atomic E-state index is -0.151. The van der Waals surface area contributed by atoms with Gasteiger partial charge in [0.2, 0.25) is 0 Å². The minimum Gasteiger partial charge on any atom is -0.294 e. The average Bonchev–Trinajstić information content (AvgIpc) is 2.32. The molecule has 0 aliphatic heterocycles. The molecule has 0 amide bonds. The number of carbonyl (C=O) groups is 2. The predicted molar refractivity (Wildman–Crippen MR) is 67.4 cm³/mol. The summed E-state index contributed by atoms with van der Waals surface area (Å²) in [5.74, 6) is -0.103. The number of hydrogen-bond acceptors (Lipinski definition) is 2. The Morgan fingerprint density at radius 3 is 2.59 bits per heavy atom. The maximum Gasteiger partial charge on any atom is 0.167 e. The molecular weight excluding hydrogens is 212 g/mol. The molecule has 2 unspecified atom stereocenters. The number of allylic oxidation sites excluding steroid dienone is 7. The van der Waals surface area contributed by atoms with Crippen molar-refractivity contribution in [3.8, 4) is 0 Å². The quantitative estimate of drug-likeness (QED) is 0.538. The summed E-state index contributed by atoms with van der Waals surface area (Å²) in [4.78, 5) is 24.1. The van der Waals surface area contributed by atoms with Crippen LogP contribution in [-0.2, 0) is 9.59 Å². The second-order valence-electron chi connectivity index (χ2n) is 4.70. The Morgan fingerprint density at radius 2 is 1.94 bits per heavy atom. The highest BCUT2D eigenvalue weighted by Crippen LogP contribution is 2.33. The van der Waals surface area contributed by atoms with Crippen LogP contribution in [0.3, 0.4) is 0 Å². The van der Waals surface area contributed by atoms with Crippen molar-refractivity contribution in [2.75, 3.05) is 0 Å². The lowest BCUT2D eigenvalue weighted by molar-refractivity contribution is -0.129. The maximum absolute atomic E-state index is 12.2. The molecule has 0 saturated heterocycles. The highest BCUT2D eigenvalue weighted by atomic mass is 16.1. The van der Waals surface area contributed by atoms with E-state index >= 15 is 0 Å². The molecule has 2 aliphatic carbocycles. The van der Waals surface area contributed by atoms with Crippen molar-refractivity contribution in [2.24, 2.45) is 11.8 Å². The number of Topliss-reactive ketones (excluding diaryl/α,β-unsaturated/α-hetero) is 1. The molecule has 0 aromatic carbocycles. The van der Waals surface area contributed by atoms with E-state index in [2.05, 4.69) is 6.58 Å². The van der Waals surface area contributed by atoms with E-state index in [0.29, 0.717) is 18.4 Å². The first kappa shape index (κ1) is 11.8. The molecule has 2 aliphatic rings. The summed E-state index contributed by atoms with van der Waals surface area (Å²) < 4.78 is 0. The number of carbonyl (C=O) groups excluding carboxylic acids is 2. The van der Waals surface area contributed by atoms with E-state index in [1.54, 1.807) is 12.2 Å². The Bertz CT molecular complexity index is 463. The predicted octanol–water partition coefficient (Wildman–Crippen LogP) is 2.78. The first-order valence-corrected chi connectivity index (χ1v) is 5.88. The third kappa shape index (κ3) is 2.36. The van der Waals surface area contributed by atoms with Gasteiger partial charge in [0.15, 0.2) is 11.6 Å². The Labute approximate surface area is 101 Å². The molecular formula is C15H16O2. The van der Waals surface area contributed by atoms with E-state index < -0.39 is 0 Å². The molecule has 2 nitrogen and oxygen atoms in total. The minimum absolute atomic E-state index is 0.0836. The number of hydrogen-bond donors (Lipinski definition) is 0. The molecule has 2 heteroatoms. The third-order valence-electron chi connectivity index (χ3n) is 3.26. The van der Waals surface area contributed by atoms with Crippen LogP contribution in [-0.4, -0.2) is 11.6 Å². The Morgan fingerprint density at radius 1 is 1.29 bits per heavy atom. The largest absolute Gasteiger partial charge is 0.294 e. The standard InChI is InChI=1S/C15H16O2/c1-10(2)7-8-11-9-14(16)12-5-3-4-6-13(12)15(11)17/h3-4,7-9,12-13H,1,5-6H2,2H3. The molecule has 0 aromatic rings. The fourth-order valence-electron chi connectivity index (χ4n) is 2.33. The van der Waals surface area contributed by atoms with Gasteiger partial charge in [-0.05, 0) is 25.8 Å². The maximum atomic E-state index is 12.2. The van der Waals surface area contributed by atoms with Gasteiger partial charge in [-0.3, -0.25) is 9.59 Å². The lowest BCUT2D eigenvalue weighted by atomic mass is 9.72. The molecule has 0 saturated carbocycles. The van der Waals surface area contributed by atoms with Crippen LogP contribution in [0.15, 0.2) is 48.1 Å². The second kappa shape index (κ2) is 4.66. The summed E-state index contributed by atoms with van der Waals surface area (Å²) in [6.07, 6.45) is 10.3. The molecule has 88 valence electrons. The van der Waals surface area contributed by atoms with Crippen LogP contribution in [0.25, 0.3) is 0 Å². The van der Waals surface area contributed by atoms with E-state index in [4.69, 9.17) is 0 Å². The van der Waals surface area contributed by atoms with Gasteiger partial charge in [-0.2, -0.15) is 0 Å². The number of fused-ring (bicyclic) bond motifs is 1. The van der Waals surface area contributed by atoms with Crippen molar-refractivity contribution >= 4 is 11.6 Å². The fraction of sp³-hybridized carbons (Fsp3) is 0.333. The highest BCUT2D eigenvalue weighted by Gasteiger charge is 2.37. The normalized spacial score (nSPS) is 28.2. The summed E-state index contributed by atoms with van der Waals surface area (Å²) in [5, 5.41) is 0. The summed E-state index contributed by atoms with van der Waals surface area (Å²) in [6, 6.07) is 0. The molecule has 0 spiro atoms. The Balaban J connectivity index is 2.28. The summed E-state index contributed by atoms with van der Waals surface area (Å²) in [6.45, 7) is 5.60. The molecule has 0 bridgehead atoms. The monoisotopic (exact) mass is 228 g/mol. The fourth-order valence-corrected chi connectivity index (χ4v) is 2.33. The smallest absolute Gasteiger partial charge is 0.167 e. The van der Waals surface area contributed by atoms with Crippen LogP contribution in [0, 0.1) is 11.8 Å². The Hall–Kier alpha value is -1.70. The zero-order valence-corrected chi connectivity index (χ0v) is 9.98. The van der Waals surface area contributed by atoms with E-state index in [1.807, 2.05) is 19.1 Å². The third-order valence-corrected chi connectivity index (χ3v) is 3.26. The summed E-state index contributed by atoms with van der Waals surface area (Å²) >= 11 is 0. The van der Waals surface area contributed by atoms with Crippen molar-refractivity contribution in [1.29, 1.82) is 0 Å². The first-order valence-electron chi connectivity index (χ1n) is 5.88. The van der Waals surface area contributed by atoms with Crippen LogP contribution in [0.2, 0.25) is 0 Å². The summed E-state index contributed by atoms with van der Waals surface area (Å²) in [7, 11) is 0. The van der Waals surface area contributed by atoms with Crippen LogP contribution in [0.1, 0.15) is 19.8 Å². The molecule has 17 heavy (non-hydrogen) atoms. The van der Waals surface area contributed by atoms with Gasteiger partial charge in [0, 0.05) is 17.4 Å². The lowest BCUT2D eigenvalue weighted by Gasteiger charge is -2.29. The van der Waals surface area contributed by atoms with Crippen LogP contribution >= 0.6 is 0 Å². The zero-order valence-electron chi connectivity index (χ0n) is 9.98. The molecule has 0 N–H and O–H groups in total. The van der Waals surface area contributed by atoms with Crippen molar-refractivity contribution < 1.29 is 9.59 Å². The first-order chi connectivity index (χ1) is 8.09. The lowest BCUT2D eigenvalue weighted by Crippen LogP contribution is -2.35. The molecule has 0 aromatic heterocycles. The van der Waals surface area contributed by atoms with Gasteiger partial charge < -0.3 is 0 Å². The van der Waals surface area contributed by atoms with Gasteiger partial charge in [0.25, 0.3) is 0 Å². The number of rotatable bonds is 2. The van der Waals surface area contributed by atoms with Gasteiger partial charge in [0.1, 0.15) is 0 Å². The van der Waals surface area contributed by atoms with Gasteiger partial charge in [0.05, 0.1) is 0 Å². The molecule has 0 heterocycles. The van der Waals surface area contributed by atoms with Gasteiger partial charge in [-0.25, -0.2) is 0 Å². The highest BCUT2D eigenvalue weighted by molar-refractivity contribution is 6.12. The average molecular weight is 228 g/mol.